The van der Waals surface area contributed by atoms with Crippen LogP contribution in [-0.2, 0) is 15.8 Å². The second-order valence-electron chi connectivity index (χ2n) is 2.68. The topological polar surface area (TPSA) is 49.4 Å². The average Bonchev–Trinajstić information content (AvgIpc) is 1.97. The molecule has 5 heteroatoms. The van der Waals surface area contributed by atoms with Gasteiger partial charge < -0.3 is 9.29 Å². The molecule has 0 saturated carbocycles. The van der Waals surface area contributed by atoms with E-state index in [1.807, 2.05) is 6.92 Å². The van der Waals surface area contributed by atoms with Crippen molar-refractivity contribution < 1.29 is 43.1 Å². The standard InChI is InChI=1S/C7H16O3S.Na/c1-7(3-5-10-2)4-6-11(8)9;/h7H,3-6H2,1-2H3,(H,8,9);/q;+1/p-1. The predicted octanol–water partition coefficient (Wildman–Crippen LogP) is -2.07. The molecule has 0 aliphatic carbocycles. The van der Waals surface area contributed by atoms with Crippen molar-refractivity contribution in [1.82, 2.24) is 0 Å². The Labute approximate surface area is 98.8 Å². The fourth-order valence-corrected chi connectivity index (χ4v) is 1.36. The molecule has 68 valence electrons. The van der Waals surface area contributed by atoms with Crippen LogP contribution in [0.25, 0.3) is 0 Å². The van der Waals surface area contributed by atoms with Gasteiger partial charge in [-0.1, -0.05) is 18.0 Å². The molecule has 0 fully saturated rings. The average molecular weight is 202 g/mol. The second-order valence-corrected chi connectivity index (χ2v) is 3.70. The molecule has 0 aliphatic rings. The quantitative estimate of drug-likeness (QED) is 0.367. The zero-order valence-electron chi connectivity index (χ0n) is 8.04. The van der Waals surface area contributed by atoms with Crippen molar-refractivity contribution in [3.05, 3.63) is 0 Å². The van der Waals surface area contributed by atoms with Crippen LogP contribution in [-0.4, -0.2) is 28.2 Å². The molecule has 0 rings (SSSR count). The molecule has 12 heavy (non-hydrogen) atoms. The van der Waals surface area contributed by atoms with Gasteiger partial charge >= 0.3 is 29.6 Å². The molecule has 0 radical (unpaired) electrons. The van der Waals surface area contributed by atoms with Gasteiger partial charge in [0.05, 0.1) is 0 Å². The third kappa shape index (κ3) is 11.1. The number of rotatable bonds is 6. The minimum absolute atomic E-state index is 0. The molecule has 0 aliphatic heterocycles. The summed E-state index contributed by atoms with van der Waals surface area (Å²) in [7, 11) is 1.65. The molecule has 0 saturated heterocycles. The van der Waals surface area contributed by atoms with Gasteiger partial charge in [-0.2, -0.15) is 0 Å². The fraction of sp³-hybridized carbons (Fsp3) is 1.00. The molecule has 2 unspecified atom stereocenters. The molecule has 0 aromatic carbocycles. The van der Waals surface area contributed by atoms with Crippen LogP contribution < -0.4 is 29.6 Å². The largest absolute Gasteiger partial charge is 1.00 e. The summed E-state index contributed by atoms with van der Waals surface area (Å²) in [6, 6.07) is 0. The van der Waals surface area contributed by atoms with Crippen molar-refractivity contribution in [2.75, 3.05) is 19.5 Å². The van der Waals surface area contributed by atoms with E-state index < -0.39 is 11.1 Å². The van der Waals surface area contributed by atoms with Gasteiger partial charge in [-0.15, -0.1) is 0 Å². The third-order valence-electron chi connectivity index (χ3n) is 1.59. The third-order valence-corrected chi connectivity index (χ3v) is 2.16. The van der Waals surface area contributed by atoms with Crippen LogP contribution in [0.4, 0.5) is 0 Å². The molecular formula is C7H15NaO3S. The summed E-state index contributed by atoms with van der Waals surface area (Å²) in [5.74, 6) is 0.707. The maximum absolute atomic E-state index is 10.1. The Bertz CT molecular complexity index is 121. The molecule has 0 N–H and O–H groups in total. The van der Waals surface area contributed by atoms with E-state index in [2.05, 4.69) is 0 Å². The van der Waals surface area contributed by atoms with Gasteiger partial charge in [0.15, 0.2) is 0 Å². The van der Waals surface area contributed by atoms with E-state index in [0.717, 1.165) is 12.8 Å². The number of hydrogen-bond acceptors (Lipinski definition) is 3. The first-order valence-electron chi connectivity index (χ1n) is 3.71. The minimum Gasteiger partial charge on any atom is -0.772 e. The number of hydrogen-bond donors (Lipinski definition) is 0. The predicted molar refractivity (Wildman–Crippen MR) is 44.1 cm³/mol. The van der Waals surface area contributed by atoms with Crippen LogP contribution in [0, 0.1) is 5.92 Å². The Morgan fingerprint density at radius 3 is 2.50 bits per heavy atom. The van der Waals surface area contributed by atoms with Gasteiger partial charge in [0.25, 0.3) is 0 Å². The summed E-state index contributed by atoms with van der Waals surface area (Å²) < 4.78 is 25.2. The van der Waals surface area contributed by atoms with E-state index in [1.165, 1.54) is 0 Å². The SMILES string of the molecule is COCCC(C)CCS(=O)[O-].[Na+]. The first-order chi connectivity index (χ1) is 5.16. The fourth-order valence-electron chi connectivity index (χ4n) is 0.761. The molecule has 0 aromatic rings. The van der Waals surface area contributed by atoms with E-state index >= 15 is 0 Å². The minimum atomic E-state index is -1.88. The number of ether oxygens (including phenoxy) is 1. The van der Waals surface area contributed by atoms with Crippen LogP contribution in [0.1, 0.15) is 19.8 Å². The Kier molecular flexibility index (Phi) is 13.1. The Balaban J connectivity index is 0. The van der Waals surface area contributed by atoms with Crippen molar-refractivity contribution in [2.24, 2.45) is 5.92 Å². The number of methoxy groups -OCH3 is 1. The summed E-state index contributed by atoms with van der Waals surface area (Å²) in [5, 5.41) is 0. The molecule has 0 bridgehead atoms. The van der Waals surface area contributed by atoms with Gasteiger partial charge in [-0.3, -0.25) is 4.21 Å². The zero-order valence-corrected chi connectivity index (χ0v) is 10.9. The van der Waals surface area contributed by atoms with Crippen molar-refractivity contribution >= 4 is 11.1 Å². The van der Waals surface area contributed by atoms with Gasteiger partial charge in [-0.05, 0) is 18.8 Å². The van der Waals surface area contributed by atoms with Crippen LogP contribution in [0.5, 0.6) is 0 Å². The molecule has 0 amide bonds. The van der Waals surface area contributed by atoms with E-state index in [0.29, 0.717) is 12.5 Å². The van der Waals surface area contributed by atoms with E-state index in [1.54, 1.807) is 7.11 Å². The van der Waals surface area contributed by atoms with Crippen molar-refractivity contribution in [1.29, 1.82) is 0 Å². The van der Waals surface area contributed by atoms with Crippen LogP contribution >= 0.6 is 0 Å². The van der Waals surface area contributed by atoms with Crippen LogP contribution in [0.15, 0.2) is 0 Å². The monoisotopic (exact) mass is 202 g/mol. The molecule has 2 atom stereocenters. The summed E-state index contributed by atoms with van der Waals surface area (Å²) in [5.41, 5.74) is 0. The first-order valence-corrected chi connectivity index (χ1v) is 4.96. The summed E-state index contributed by atoms with van der Waals surface area (Å²) in [6.45, 7) is 2.75. The summed E-state index contributed by atoms with van der Waals surface area (Å²) >= 11 is -1.88. The van der Waals surface area contributed by atoms with E-state index in [-0.39, 0.29) is 35.3 Å². The Morgan fingerprint density at radius 1 is 1.50 bits per heavy atom. The van der Waals surface area contributed by atoms with Crippen molar-refractivity contribution in [3.8, 4) is 0 Å². The van der Waals surface area contributed by atoms with Crippen molar-refractivity contribution in [2.45, 2.75) is 19.8 Å². The normalized spacial score (nSPS) is 14.9. The molecule has 0 spiro atoms. The summed E-state index contributed by atoms with van der Waals surface area (Å²) in [6.07, 6.45) is 1.67. The Hall–Kier alpha value is 1.07. The Morgan fingerprint density at radius 2 is 2.08 bits per heavy atom. The molecule has 0 heterocycles. The molecular weight excluding hydrogens is 187 g/mol. The smallest absolute Gasteiger partial charge is 0.772 e. The molecule has 0 aromatic heterocycles. The van der Waals surface area contributed by atoms with Gasteiger partial charge in [0.1, 0.15) is 0 Å². The van der Waals surface area contributed by atoms with Crippen LogP contribution in [0.2, 0.25) is 0 Å². The maximum atomic E-state index is 10.1. The maximum Gasteiger partial charge on any atom is 1.00 e. The first kappa shape index (κ1) is 15.5. The van der Waals surface area contributed by atoms with Gasteiger partial charge in [0, 0.05) is 19.5 Å². The van der Waals surface area contributed by atoms with E-state index in [4.69, 9.17) is 4.74 Å². The van der Waals surface area contributed by atoms with Gasteiger partial charge in [0.2, 0.25) is 0 Å². The van der Waals surface area contributed by atoms with Crippen molar-refractivity contribution in [3.63, 3.8) is 0 Å². The van der Waals surface area contributed by atoms with Crippen LogP contribution in [0.3, 0.4) is 0 Å². The second kappa shape index (κ2) is 10.2. The van der Waals surface area contributed by atoms with Gasteiger partial charge in [-0.25, -0.2) is 0 Å². The zero-order chi connectivity index (χ0) is 8.69. The van der Waals surface area contributed by atoms with E-state index in [9.17, 15) is 8.76 Å². The summed E-state index contributed by atoms with van der Waals surface area (Å²) in [4.78, 5) is 0. The molecule has 3 nitrogen and oxygen atoms in total.